The molecule has 0 atom stereocenters. The lowest BCUT2D eigenvalue weighted by atomic mass is 9.78. The Balaban J connectivity index is 1.41. The summed E-state index contributed by atoms with van der Waals surface area (Å²) in [6.45, 7) is 5.92. The zero-order chi connectivity index (χ0) is 14.8. The number of thiazole rings is 1. The minimum Gasteiger partial charge on any atom is -0.317 e. The van der Waals surface area contributed by atoms with Gasteiger partial charge in [-0.25, -0.2) is 4.98 Å². The molecular formula is C17H22N4S. The number of hydrogen-bond acceptors (Lipinski definition) is 5. The molecule has 4 nitrogen and oxygen atoms in total. The molecule has 2 aliphatic rings. The highest BCUT2D eigenvalue weighted by Crippen LogP contribution is 2.39. The SMILES string of the molecule is c1ccc(-c2ncc(CN3CCC4(CCNCC4)C3)s2)nc1. The molecule has 4 heterocycles. The fourth-order valence-electron chi connectivity index (χ4n) is 3.74. The Kier molecular flexibility index (Phi) is 3.94. The van der Waals surface area contributed by atoms with Gasteiger partial charge in [0.2, 0.25) is 0 Å². The van der Waals surface area contributed by atoms with Crippen molar-refractivity contribution in [2.24, 2.45) is 5.41 Å². The maximum Gasteiger partial charge on any atom is 0.142 e. The molecule has 1 N–H and O–H groups in total. The number of pyridine rings is 1. The first-order chi connectivity index (χ1) is 10.8. The summed E-state index contributed by atoms with van der Waals surface area (Å²) in [7, 11) is 0. The first kappa shape index (κ1) is 14.3. The van der Waals surface area contributed by atoms with Crippen LogP contribution in [0.25, 0.3) is 10.7 Å². The monoisotopic (exact) mass is 314 g/mol. The fraction of sp³-hybridized carbons (Fsp3) is 0.529. The summed E-state index contributed by atoms with van der Waals surface area (Å²) in [5.74, 6) is 0. The van der Waals surface area contributed by atoms with E-state index in [2.05, 4.69) is 20.2 Å². The minimum atomic E-state index is 0.583. The molecule has 2 aliphatic heterocycles. The van der Waals surface area contributed by atoms with Gasteiger partial charge in [0, 0.05) is 30.4 Å². The molecular weight excluding hydrogens is 292 g/mol. The van der Waals surface area contributed by atoms with Crippen LogP contribution in [0, 0.1) is 5.41 Å². The average Bonchev–Trinajstić information content (AvgIpc) is 3.17. The molecule has 0 amide bonds. The van der Waals surface area contributed by atoms with Crippen molar-refractivity contribution in [1.29, 1.82) is 0 Å². The molecule has 116 valence electrons. The van der Waals surface area contributed by atoms with E-state index in [9.17, 15) is 0 Å². The lowest BCUT2D eigenvalue weighted by Gasteiger charge is -2.33. The van der Waals surface area contributed by atoms with Gasteiger partial charge in [-0.3, -0.25) is 9.88 Å². The molecule has 2 aromatic rings. The van der Waals surface area contributed by atoms with Crippen LogP contribution in [-0.2, 0) is 6.54 Å². The van der Waals surface area contributed by atoms with Crippen LogP contribution in [0.1, 0.15) is 24.1 Å². The third-order valence-corrected chi connectivity index (χ3v) is 6.00. The lowest BCUT2D eigenvalue weighted by molar-refractivity contribution is 0.194. The molecule has 2 aromatic heterocycles. The van der Waals surface area contributed by atoms with Crippen molar-refractivity contribution in [3.8, 4) is 10.7 Å². The van der Waals surface area contributed by atoms with Gasteiger partial charge in [0.1, 0.15) is 5.01 Å². The maximum absolute atomic E-state index is 4.55. The average molecular weight is 314 g/mol. The predicted octanol–water partition coefficient (Wildman–Crippen LogP) is 2.78. The van der Waals surface area contributed by atoms with Crippen molar-refractivity contribution in [2.45, 2.75) is 25.8 Å². The van der Waals surface area contributed by atoms with Gasteiger partial charge in [-0.05, 0) is 56.4 Å². The summed E-state index contributed by atoms with van der Waals surface area (Å²) in [6, 6.07) is 5.99. The molecule has 2 saturated heterocycles. The van der Waals surface area contributed by atoms with Gasteiger partial charge in [0.25, 0.3) is 0 Å². The molecule has 0 radical (unpaired) electrons. The molecule has 0 bridgehead atoms. The number of likely N-dealkylation sites (tertiary alicyclic amines) is 1. The third-order valence-electron chi connectivity index (χ3n) is 5.00. The molecule has 5 heteroatoms. The van der Waals surface area contributed by atoms with E-state index >= 15 is 0 Å². The van der Waals surface area contributed by atoms with Crippen LogP contribution in [0.4, 0.5) is 0 Å². The molecule has 2 fully saturated rings. The smallest absolute Gasteiger partial charge is 0.142 e. The second-order valence-corrected chi connectivity index (χ2v) is 7.67. The Bertz CT molecular complexity index is 619. The second kappa shape index (κ2) is 6.07. The van der Waals surface area contributed by atoms with E-state index < -0.39 is 0 Å². The Labute approximate surface area is 135 Å². The molecule has 4 rings (SSSR count). The van der Waals surface area contributed by atoms with Crippen molar-refractivity contribution in [2.75, 3.05) is 26.2 Å². The van der Waals surface area contributed by atoms with Gasteiger partial charge in [-0.1, -0.05) is 6.07 Å². The van der Waals surface area contributed by atoms with Gasteiger partial charge in [-0.2, -0.15) is 0 Å². The fourth-order valence-corrected chi connectivity index (χ4v) is 4.67. The van der Waals surface area contributed by atoms with E-state index in [-0.39, 0.29) is 0 Å². The number of hydrogen-bond donors (Lipinski definition) is 1. The van der Waals surface area contributed by atoms with Gasteiger partial charge >= 0.3 is 0 Å². The summed E-state index contributed by atoms with van der Waals surface area (Å²) in [5, 5.41) is 4.52. The van der Waals surface area contributed by atoms with Crippen molar-refractivity contribution < 1.29 is 0 Å². The zero-order valence-corrected chi connectivity index (χ0v) is 13.6. The van der Waals surface area contributed by atoms with E-state index in [0.717, 1.165) is 17.2 Å². The highest BCUT2D eigenvalue weighted by Gasteiger charge is 2.38. The van der Waals surface area contributed by atoms with Crippen molar-refractivity contribution in [3.05, 3.63) is 35.5 Å². The summed E-state index contributed by atoms with van der Waals surface area (Å²) >= 11 is 1.78. The van der Waals surface area contributed by atoms with E-state index in [1.54, 1.807) is 11.3 Å². The highest BCUT2D eigenvalue weighted by atomic mass is 32.1. The third kappa shape index (κ3) is 2.93. The highest BCUT2D eigenvalue weighted by molar-refractivity contribution is 7.14. The number of piperidine rings is 1. The standard InChI is InChI=1S/C17H22N4S/c1-2-7-19-15(3-1)16-20-11-14(22-16)12-21-10-6-17(13-21)4-8-18-9-5-17/h1-3,7,11,18H,4-6,8-10,12-13H2. The van der Waals surface area contributed by atoms with Crippen molar-refractivity contribution >= 4 is 11.3 Å². The zero-order valence-electron chi connectivity index (χ0n) is 12.8. The van der Waals surface area contributed by atoms with Crippen LogP contribution in [-0.4, -0.2) is 41.0 Å². The largest absolute Gasteiger partial charge is 0.317 e. The van der Waals surface area contributed by atoms with E-state index in [1.807, 2.05) is 30.6 Å². The van der Waals surface area contributed by atoms with Gasteiger partial charge in [0.05, 0.1) is 5.69 Å². The quantitative estimate of drug-likeness (QED) is 0.946. The first-order valence-electron chi connectivity index (χ1n) is 8.12. The van der Waals surface area contributed by atoms with Gasteiger partial charge < -0.3 is 5.32 Å². The van der Waals surface area contributed by atoms with Crippen molar-refractivity contribution in [1.82, 2.24) is 20.2 Å². The van der Waals surface area contributed by atoms with Crippen LogP contribution in [0.5, 0.6) is 0 Å². The van der Waals surface area contributed by atoms with Crippen LogP contribution in [0.15, 0.2) is 30.6 Å². The predicted molar refractivity (Wildman–Crippen MR) is 89.8 cm³/mol. The number of nitrogens with zero attached hydrogens (tertiary/aromatic N) is 3. The van der Waals surface area contributed by atoms with Crippen LogP contribution >= 0.6 is 11.3 Å². The Morgan fingerprint density at radius 2 is 2.09 bits per heavy atom. The van der Waals surface area contributed by atoms with Crippen LogP contribution < -0.4 is 5.32 Å². The molecule has 0 aromatic carbocycles. The Morgan fingerprint density at radius 1 is 1.18 bits per heavy atom. The molecule has 1 spiro atoms. The summed E-state index contributed by atoms with van der Waals surface area (Å²) in [4.78, 5) is 12.9. The van der Waals surface area contributed by atoms with Gasteiger partial charge in [-0.15, -0.1) is 11.3 Å². The van der Waals surface area contributed by atoms with E-state index in [1.165, 1.54) is 50.3 Å². The second-order valence-electron chi connectivity index (χ2n) is 6.56. The van der Waals surface area contributed by atoms with E-state index in [0.29, 0.717) is 5.41 Å². The van der Waals surface area contributed by atoms with Crippen LogP contribution in [0.2, 0.25) is 0 Å². The molecule has 0 saturated carbocycles. The van der Waals surface area contributed by atoms with Gasteiger partial charge in [0.15, 0.2) is 0 Å². The molecule has 22 heavy (non-hydrogen) atoms. The summed E-state index contributed by atoms with van der Waals surface area (Å²) in [6.07, 6.45) is 7.90. The summed E-state index contributed by atoms with van der Waals surface area (Å²) < 4.78 is 0. The van der Waals surface area contributed by atoms with E-state index in [4.69, 9.17) is 0 Å². The Hall–Kier alpha value is -1.30. The van der Waals surface area contributed by atoms with Crippen molar-refractivity contribution in [3.63, 3.8) is 0 Å². The number of aromatic nitrogens is 2. The first-order valence-corrected chi connectivity index (χ1v) is 8.94. The maximum atomic E-state index is 4.55. The Morgan fingerprint density at radius 3 is 2.91 bits per heavy atom. The van der Waals surface area contributed by atoms with Crippen LogP contribution in [0.3, 0.4) is 0 Å². The minimum absolute atomic E-state index is 0.583. The number of rotatable bonds is 3. The molecule has 0 unspecified atom stereocenters. The topological polar surface area (TPSA) is 41.1 Å². The lowest BCUT2D eigenvalue weighted by Crippen LogP contribution is -2.38. The summed E-state index contributed by atoms with van der Waals surface area (Å²) in [5.41, 5.74) is 1.56. The normalized spacial score (nSPS) is 21.5. The molecule has 0 aliphatic carbocycles. The number of nitrogens with one attached hydrogen (secondary N) is 1.